The number of carbonyl (C=O) groups is 1. The molecule has 2 aliphatic rings. The molecule has 1 fully saturated rings. The number of hydrogen-bond donors (Lipinski definition) is 0. The first-order valence-electron chi connectivity index (χ1n) is 11.1. The Kier molecular flexibility index (Phi) is 6.05. The van der Waals surface area contributed by atoms with E-state index in [9.17, 15) is 13.2 Å². The average Bonchev–Trinajstić information content (AvgIpc) is 3.41. The third-order valence-corrected chi connectivity index (χ3v) is 8.97. The maximum atomic E-state index is 13.0. The zero-order chi connectivity index (χ0) is 23.9. The first-order valence-corrected chi connectivity index (χ1v) is 13.4. The summed E-state index contributed by atoms with van der Waals surface area (Å²) < 4.78 is 41.3. The Morgan fingerprint density at radius 3 is 2.68 bits per heavy atom. The third kappa shape index (κ3) is 4.17. The number of hydrogen-bond acceptors (Lipinski definition) is 6. The van der Waals surface area contributed by atoms with Crippen molar-refractivity contribution >= 4 is 37.5 Å². The lowest BCUT2D eigenvalue weighted by atomic mass is 10.0. The van der Waals surface area contributed by atoms with Crippen LogP contribution >= 0.6 is 11.3 Å². The molecule has 0 spiro atoms. The van der Waals surface area contributed by atoms with Gasteiger partial charge in [0.15, 0.2) is 16.3 Å². The Morgan fingerprint density at radius 1 is 1.24 bits per heavy atom. The molecule has 0 saturated carbocycles. The van der Waals surface area contributed by atoms with Gasteiger partial charge < -0.3 is 14.0 Å². The molecular weight excluding hydrogens is 474 g/mol. The molecule has 1 amide bonds. The molecular formula is C24H25N3O5S2. The predicted octanol–water partition coefficient (Wildman–Crippen LogP) is 3.78. The Balaban J connectivity index is 1.45. The Morgan fingerprint density at radius 2 is 1.97 bits per heavy atom. The molecule has 2 aromatic carbocycles. The van der Waals surface area contributed by atoms with Crippen molar-refractivity contribution in [2.24, 2.45) is 10.9 Å². The van der Waals surface area contributed by atoms with E-state index in [2.05, 4.69) is 18.5 Å². The van der Waals surface area contributed by atoms with Gasteiger partial charge in [0.1, 0.15) is 0 Å². The van der Waals surface area contributed by atoms with E-state index in [0.29, 0.717) is 47.4 Å². The van der Waals surface area contributed by atoms with Gasteiger partial charge in [-0.3, -0.25) is 4.79 Å². The van der Waals surface area contributed by atoms with Crippen molar-refractivity contribution in [2.75, 3.05) is 19.9 Å². The van der Waals surface area contributed by atoms with Crippen LogP contribution in [-0.4, -0.2) is 43.1 Å². The summed E-state index contributed by atoms with van der Waals surface area (Å²) in [6.45, 7) is 7.57. The molecule has 1 unspecified atom stereocenters. The van der Waals surface area contributed by atoms with Gasteiger partial charge in [0.05, 0.1) is 15.1 Å². The first-order chi connectivity index (χ1) is 16.4. The fourth-order valence-corrected chi connectivity index (χ4v) is 6.93. The van der Waals surface area contributed by atoms with E-state index in [1.165, 1.54) is 39.9 Å². The molecule has 0 radical (unpaired) electrons. The lowest BCUT2D eigenvalue weighted by molar-refractivity contribution is 0.0997. The molecule has 34 heavy (non-hydrogen) atoms. The molecule has 2 aliphatic heterocycles. The van der Waals surface area contributed by atoms with Gasteiger partial charge in [-0.25, -0.2) is 8.42 Å². The summed E-state index contributed by atoms with van der Waals surface area (Å²) in [5.41, 5.74) is 1.20. The molecule has 178 valence electrons. The number of ether oxygens (including phenoxy) is 2. The summed E-state index contributed by atoms with van der Waals surface area (Å²) >= 11 is 1.37. The van der Waals surface area contributed by atoms with E-state index in [1.54, 1.807) is 6.08 Å². The quantitative estimate of drug-likeness (QED) is 0.499. The summed E-state index contributed by atoms with van der Waals surface area (Å²) in [4.78, 5) is 18.0. The van der Waals surface area contributed by atoms with Crippen LogP contribution in [0.25, 0.3) is 10.2 Å². The number of amides is 1. The van der Waals surface area contributed by atoms with E-state index < -0.39 is 15.9 Å². The average molecular weight is 500 g/mol. The van der Waals surface area contributed by atoms with Crippen LogP contribution in [0.15, 0.2) is 58.9 Å². The zero-order valence-electron chi connectivity index (χ0n) is 18.8. The number of rotatable bonds is 5. The first kappa shape index (κ1) is 22.8. The lowest BCUT2D eigenvalue weighted by Crippen LogP contribution is -2.39. The van der Waals surface area contributed by atoms with E-state index in [-0.39, 0.29) is 11.7 Å². The molecule has 8 nitrogen and oxygen atoms in total. The highest BCUT2D eigenvalue weighted by Crippen LogP contribution is 2.37. The van der Waals surface area contributed by atoms with Crippen molar-refractivity contribution in [3.63, 3.8) is 0 Å². The Labute approximate surface area is 201 Å². The van der Waals surface area contributed by atoms with Crippen LogP contribution in [-0.2, 0) is 16.6 Å². The number of nitrogens with zero attached hydrogens (tertiary/aromatic N) is 3. The van der Waals surface area contributed by atoms with Crippen LogP contribution < -0.4 is 14.3 Å². The van der Waals surface area contributed by atoms with Gasteiger partial charge in [0.25, 0.3) is 5.91 Å². The maximum absolute atomic E-state index is 13.0. The number of sulfonamides is 1. The summed E-state index contributed by atoms with van der Waals surface area (Å²) in [6.07, 6.45) is 3.63. The number of carbonyl (C=O) groups excluding carboxylic acids is 1. The van der Waals surface area contributed by atoms with E-state index in [1.807, 2.05) is 16.7 Å². The second-order valence-electron chi connectivity index (χ2n) is 8.51. The minimum absolute atomic E-state index is 0.187. The second kappa shape index (κ2) is 9.01. The largest absolute Gasteiger partial charge is 0.454 e. The van der Waals surface area contributed by atoms with Gasteiger partial charge in [0, 0.05) is 37.3 Å². The van der Waals surface area contributed by atoms with Crippen molar-refractivity contribution in [2.45, 2.75) is 31.2 Å². The lowest BCUT2D eigenvalue weighted by Gasteiger charge is -2.30. The van der Waals surface area contributed by atoms with Gasteiger partial charge in [-0.1, -0.05) is 24.3 Å². The molecule has 1 aromatic heterocycles. The van der Waals surface area contributed by atoms with Gasteiger partial charge in [-0.05, 0) is 43.0 Å². The highest BCUT2D eigenvalue weighted by molar-refractivity contribution is 7.89. The number of allylic oxidation sites excluding steroid dienone is 1. The molecule has 0 aliphatic carbocycles. The summed E-state index contributed by atoms with van der Waals surface area (Å²) in [6, 6.07) is 9.77. The van der Waals surface area contributed by atoms with Crippen LogP contribution in [0, 0.1) is 5.92 Å². The molecule has 0 N–H and O–H groups in total. The molecule has 3 heterocycles. The van der Waals surface area contributed by atoms with Crippen molar-refractivity contribution in [1.82, 2.24) is 8.87 Å². The van der Waals surface area contributed by atoms with E-state index >= 15 is 0 Å². The van der Waals surface area contributed by atoms with E-state index in [4.69, 9.17) is 9.47 Å². The Hall–Kier alpha value is -2.95. The number of piperidine rings is 1. The third-order valence-electron chi connectivity index (χ3n) is 6.04. The minimum Gasteiger partial charge on any atom is -0.454 e. The molecule has 5 rings (SSSR count). The number of benzene rings is 2. The van der Waals surface area contributed by atoms with E-state index in [0.717, 1.165) is 23.1 Å². The highest BCUT2D eigenvalue weighted by atomic mass is 32.2. The van der Waals surface area contributed by atoms with Gasteiger partial charge in [-0.2, -0.15) is 9.30 Å². The Bertz CT molecular complexity index is 1440. The summed E-state index contributed by atoms with van der Waals surface area (Å²) in [5, 5.41) is 0. The fourth-order valence-electron chi connectivity index (χ4n) is 4.29. The van der Waals surface area contributed by atoms with Crippen molar-refractivity contribution < 1.29 is 22.7 Å². The van der Waals surface area contributed by atoms with Crippen molar-refractivity contribution in [3.05, 3.63) is 59.4 Å². The summed E-state index contributed by atoms with van der Waals surface area (Å²) in [5.74, 6) is 1.21. The second-order valence-corrected chi connectivity index (χ2v) is 11.5. The van der Waals surface area contributed by atoms with Gasteiger partial charge in [0.2, 0.25) is 16.8 Å². The normalized spacial score (nSPS) is 19.0. The molecule has 1 atom stereocenters. The van der Waals surface area contributed by atoms with Crippen LogP contribution in [0.4, 0.5) is 0 Å². The minimum atomic E-state index is -3.58. The standard InChI is InChI=1S/C24H25N3O5S2/c1-3-10-27-19-12-20-21(32-15-31-20)13-22(19)33-24(27)25-23(28)17-6-8-18(9-7-17)34(29,30)26-11-4-5-16(2)14-26/h3,6-9,12-13,16H,1,4-5,10-11,14-15H2,2H3. The maximum Gasteiger partial charge on any atom is 0.279 e. The van der Waals surface area contributed by atoms with Crippen molar-refractivity contribution in [3.8, 4) is 11.5 Å². The van der Waals surface area contributed by atoms with Gasteiger partial charge >= 0.3 is 0 Å². The number of aromatic nitrogens is 1. The monoisotopic (exact) mass is 499 g/mol. The summed E-state index contributed by atoms with van der Waals surface area (Å²) in [7, 11) is -3.58. The fraction of sp³-hybridized carbons (Fsp3) is 0.333. The topological polar surface area (TPSA) is 90.2 Å². The van der Waals surface area contributed by atoms with Gasteiger partial charge in [-0.15, -0.1) is 6.58 Å². The zero-order valence-corrected chi connectivity index (χ0v) is 20.4. The molecule has 1 saturated heterocycles. The van der Waals surface area contributed by atoms with Crippen LogP contribution in [0.2, 0.25) is 0 Å². The highest BCUT2D eigenvalue weighted by Gasteiger charge is 2.28. The van der Waals surface area contributed by atoms with Crippen molar-refractivity contribution in [1.29, 1.82) is 0 Å². The number of fused-ring (bicyclic) bond motifs is 2. The predicted molar refractivity (Wildman–Crippen MR) is 130 cm³/mol. The molecule has 10 heteroatoms. The number of thiazole rings is 1. The van der Waals surface area contributed by atoms with Crippen LogP contribution in [0.1, 0.15) is 30.1 Å². The smallest absolute Gasteiger partial charge is 0.279 e. The van der Waals surface area contributed by atoms with Crippen LogP contribution in [0.3, 0.4) is 0 Å². The SMILES string of the molecule is C=CCn1c(=NC(=O)c2ccc(S(=O)(=O)N3CCCC(C)C3)cc2)sc2cc3c(cc21)OCO3. The molecule has 0 bridgehead atoms. The molecule has 3 aromatic rings. The van der Waals surface area contributed by atoms with Crippen LogP contribution in [0.5, 0.6) is 11.5 Å².